The molecule has 0 aliphatic heterocycles. The van der Waals surface area contributed by atoms with Gasteiger partial charge in [-0.3, -0.25) is 0 Å². The van der Waals surface area contributed by atoms with Crippen LogP contribution in [0.15, 0.2) is 41.5 Å². The summed E-state index contributed by atoms with van der Waals surface area (Å²) >= 11 is 0. The molecule has 0 spiro atoms. The molecule has 5 nitrogen and oxygen atoms in total. The van der Waals surface area contributed by atoms with Crippen LogP contribution in [0, 0.1) is 13.8 Å². The second-order valence-corrected chi connectivity index (χ2v) is 3.67. The lowest BCUT2D eigenvalue weighted by molar-refractivity contribution is -0.795. The van der Waals surface area contributed by atoms with Gasteiger partial charge >= 0.3 is 0 Å². The third-order valence-corrected chi connectivity index (χ3v) is 2.11. The molecule has 0 unspecified atom stereocenters. The van der Waals surface area contributed by atoms with Gasteiger partial charge in [0.25, 0.3) is 0 Å². The van der Waals surface area contributed by atoms with Crippen LogP contribution in [-0.2, 0) is 0 Å². The highest BCUT2D eigenvalue weighted by Gasteiger charge is 2.06. The minimum atomic E-state index is -0.361. The molecule has 0 amide bonds. The molecule has 0 atom stereocenters. The van der Waals surface area contributed by atoms with Crippen molar-refractivity contribution in [3.8, 4) is 0 Å². The SMILES string of the molecule is Cc1cc(C)n[n+](/N=C(\[O-])c2ccccc2)n1. The molecule has 2 aromatic rings. The highest BCUT2D eigenvalue weighted by atomic mass is 16.3. The number of hydrogen-bond acceptors (Lipinski definition) is 4. The summed E-state index contributed by atoms with van der Waals surface area (Å²) in [6.07, 6.45) is 0. The van der Waals surface area contributed by atoms with Crippen molar-refractivity contribution >= 4 is 5.90 Å². The van der Waals surface area contributed by atoms with Crippen LogP contribution in [0.2, 0.25) is 0 Å². The Morgan fingerprint density at radius 3 is 2.29 bits per heavy atom. The van der Waals surface area contributed by atoms with Gasteiger partial charge in [-0.25, -0.2) is 0 Å². The minimum Gasteiger partial charge on any atom is -0.854 e. The Balaban J connectivity index is 2.36. The highest BCUT2D eigenvalue weighted by molar-refractivity contribution is 5.89. The lowest BCUT2D eigenvalue weighted by Gasteiger charge is -2.04. The molecule has 86 valence electrons. The van der Waals surface area contributed by atoms with E-state index in [-0.39, 0.29) is 5.90 Å². The van der Waals surface area contributed by atoms with E-state index < -0.39 is 0 Å². The number of aromatic nitrogens is 3. The van der Waals surface area contributed by atoms with E-state index in [9.17, 15) is 5.11 Å². The molecule has 0 fully saturated rings. The number of rotatable bonds is 2. The van der Waals surface area contributed by atoms with Crippen LogP contribution in [0.25, 0.3) is 0 Å². The van der Waals surface area contributed by atoms with E-state index in [0.717, 1.165) is 16.3 Å². The first kappa shape index (κ1) is 11.2. The first-order valence-corrected chi connectivity index (χ1v) is 5.21. The zero-order valence-electron chi connectivity index (χ0n) is 9.66. The molecule has 1 aromatic carbocycles. The van der Waals surface area contributed by atoms with E-state index in [0.29, 0.717) is 5.56 Å². The lowest BCUT2D eigenvalue weighted by atomic mass is 10.2. The van der Waals surface area contributed by atoms with E-state index in [1.807, 2.05) is 26.0 Å². The Labute approximate surface area is 99.0 Å². The van der Waals surface area contributed by atoms with E-state index in [1.54, 1.807) is 24.3 Å². The summed E-state index contributed by atoms with van der Waals surface area (Å²) in [7, 11) is 0. The molecule has 0 N–H and O–H groups in total. The molecular formula is C12H12N4O. The van der Waals surface area contributed by atoms with Gasteiger partial charge in [0.05, 0.1) is 16.1 Å². The molecule has 1 heterocycles. The van der Waals surface area contributed by atoms with Crippen molar-refractivity contribution in [2.75, 3.05) is 0 Å². The average Bonchev–Trinajstić information content (AvgIpc) is 2.28. The number of aryl methyl sites for hydroxylation is 2. The standard InChI is InChI=1S/C12H12N4O/c1-9-8-10(2)14-16(13-9)15-12(17)11-6-4-3-5-7-11/h3-8H,1-2H3. The molecule has 0 saturated carbocycles. The zero-order chi connectivity index (χ0) is 12.3. The third-order valence-electron chi connectivity index (χ3n) is 2.11. The fourth-order valence-corrected chi connectivity index (χ4v) is 1.43. The Kier molecular flexibility index (Phi) is 3.09. The van der Waals surface area contributed by atoms with Crippen molar-refractivity contribution in [3.05, 3.63) is 53.3 Å². The van der Waals surface area contributed by atoms with Crippen LogP contribution in [0.1, 0.15) is 17.0 Å². The first-order chi connectivity index (χ1) is 8.15. The van der Waals surface area contributed by atoms with E-state index >= 15 is 0 Å². The molecule has 2 rings (SSSR count). The maximum Gasteiger partial charge on any atom is 0.182 e. The fraction of sp³-hybridized carbons (Fsp3) is 0.167. The maximum atomic E-state index is 11.8. The van der Waals surface area contributed by atoms with Gasteiger partial charge in [0, 0.05) is 5.10 Å². The molecular weight excluding hydrogens is 216 g/mol. The summed E-state index contributed by atoms with van der Waals surface area (Å²) in [6.45, 7) is 3.65. The van der Waals surface area contributed by atoms with Crippen LogP contribution in [0.5, 0.6) is 0 Å². The van der Waals surface area contributed by atoms with Gasteiger partial charge < -0.3 is 5.11 Å². The molecule has 0 bridgehead atoms. The third kappa shape index (κ3) is 2.84. The summed E-state index contributed by atoms with van der Waals surface area (Å²) in [6, 6.07) is 10.6. The van der Waals surface area contributed by atoms with E-state index in [4.69, 9.17) is 0 Å². The second kappa shape index (κ2) is 4.69. The fourth-order valence-electron chi connectivity index (χ4n) is 1.43. The lowest BCUT2D eigenvalue weighted by Crippen LogP contribution is -2.41. The van der Waals surface area contributed by atoms with Crippen LogP contribution < -0.4 is 10.0 Å². The molecule has 0 aliphatic rings. The Bertz CT molecular complexity index is 531. The summed E-state index contributed by atoms with van der Waals surface area (Å²) in [5, 5.41) is 23.6. The van der Waals surface area contributed by atoms with Crippen molar-refractivity contribution in [2.24, 2.45) is 5.10 Å². The monoisotopic (exact) mass is 228 g/mol. The van der Waals surface area contributed by atoms with E-state index in [1.165, 1.54) is 0 Å². The number of benzene rings is 1. The maximum absolute atomic E-state index is 11.8. The van der Waals surface area contributed by atoms with E-state index in [2.05, 4.69) is 15.3 Å². The van der Waals surface area contributed by atoms with Crippen LogP contribution >= 0.6 is 0 Å². The van der Waals surface area contributed by atoms with Crippen molar-refractivity contribution in [1.29, 1.82) is 0 Å². The second-order valence-electron chi connectivity index (χ2n) is 3.67. The van der Waals surface area contributed by atoms with Gasteiger partial charge in [-0.05, 0) is 25.5 Å². The van der Waals surface area contributed by atoms with Crippen LogP contribution in [-0.4, -0.2) is 16.1 Å². The van der Waals surface area contributed by atoms with Crippen molar-refractivity contribution in [2.45, 2.75) is 13.8 Å². The van der Waals surface area contributed by atoms with Gasteiger partial charge in [0.1, 0.15) is 11.4 Å². The summed E-state index contributed by atoms with van der Waals surface area (Å²) in [4.78, 5) is 1.07. The van der Waals surface area contributed by atoms with Gasteiger partial charge in [-0.15, -0.1) is 0 Å². The van der Waals surface area contributed by atoms with Crippen molar-refractivity contribution < 1.29 is 10.0 Å². The molecule has 5 heteroatoms. The first-order valence-electron chi connectivity index (χ1n) is 5.21. The van der Waals surface area contributed by atoms with Crippen LogP contribution in [0.4, 0.5) is 0 Å². The van der Waals surface area contributed by atoms with Gasteiger partial charge in [0.2, 0.25) is 0 Å². The van der Waals surface area contributed by atoms with Gasteiger partial charge in [-0.2, -0.15) is 0 Å². The predicted octanol–water partition coefficient (Wildman–Crippen LogP) is -0.0489. The molecule has 17 heavy (non-hydrogen) atoms. The van der Waals surface area contributed by atoms with Crippen molar-refractivity contribution in [1.82, 2.24) is 10.2 Å². The molecule has 0 aliphatic carbocycles. The number of hydrogen-bond donors (Lipinski definition) is 0. The highest BCUT2D eigenvalue weighted by Crippen LogP contribution is 1.96. The Hall–Kier alpha value is -2.30. The molecule has 0 radical (unpaired) electrons. The summed E-state index contributed by atoms with van der Waals surface area (Å²) in [5.74, 6) is -0.361. The smallest absolute Gasteiger partial charge is 0.182 e. The summed E-state index contributed by atoms with van der Waals surface area (Å²) < 4.78 is 0. The predicted molar refractivity (Wildman–Crippen MR) is 60.1 cm³/mol. The minimum absolute atomic E-state index is 0.361. The Morgan fingerprint density at radius 2 is 1.71 bits per heavy atom. The van der Waals surface area contributed by atoms with Crippen molar-refractivity contribution in [3.63, 3.8) is 0 Å². The quantitative estimate of drug-likeness (QED) is 0.411. The largest absolute Gasteiger partial charge is 0.854 e. The molecule has 0 saturated heterocycles. The molecule has 1 aromatic heterocycles. The van der Waals surface area contributed by atoms with Gasteiger partial charge in [0.15, 0.2) is 4.91 Å². The Morgan fingerprint density at radius 1 is 1.12 bits per heavy atom. The summed E-state index contributed by atoms with van der Waals surface area (Å²) in [5.41, 5.74) is 2.05. The normalized spacial score (nSPS) is 11.5. The number of nitrogens with zero attached hydrogens (tertiary/aromatic N) is 4. The van der Waals surface area contributed by atoms with Gasteiger partial charge in [-0.1, -0.05) is 30.3 Å². The zero-order valence-corrected chi connectivity index (χ0v) is 9.66. The average molecular weight is 228 g/mol. The van der Waals surface area contributed by atoms with Crippen LogP contribution in [0.3, 0.4) is 0 Å². The topological polar surface area (TPSA) is 65.1 Å².